The Hall–Kier alpha value is -6.04. The van der Waals surface area contributed by atoms with Gasteiger partial charge in [-0.2, -0.15) is 5.10 Å². The Morgan fingerprint density at radius 1 is 0.857 bits per heavy atom. The van der Waals surface area contributed by atoms with Gasteiger partial charge in [0, 0.05) is 5.70 Å². The van der Waals surface area contributed by atoms with Crippen LogP contribution in [0.15, 0.2) is 95.2 Å². The molecular weight excluding hydrogens is 628 g/mol. The summed E-state index contributed by atoms with van der Waals surface area (Å²) in [7, 11) is 1.45. The SMILES string of the molecule is CCOC(=O)C1=C(C)NC(=O)N[C@H]1c1ccc(OCC(=O)N/N=C\c2ccc(OCc3ccc4ccccc4c3)c(OCC)c2)c(OC)c1. The fourth-order valence-electron chi connectivity index (χ4n) is 5.24. The first-order valence-corrected chi connectivity index (χ1v) is 15.7. The minimum absolute atomic E-state index is 0.182. The summed E-state index contributed by atoms with van der Waals surface area (Å²) in [5, 5.41) is 11.7. The van der Waals surface area contributed by atoms with E-state index in [9.17, 15) is 14.4 Å². The number of benzene rings is 4. The van der Waals surface area contributed by atoms with Crippen LogP contribution in [0.2, 0.25) is 0 Å². The van der Waals surface area contributed by atoms with Gasteiger partial charge in [0.15, 0.2) is 29.6 Å². The summed E-state index contributed by atoms with van der Waals surface area (Å²) >= 11 is 0. The molecule has 0 radical (unpaired) electrons. The molecule has 0 fully saturated rings. The Morgan fingerprint density at radius 2 is 1.63 bits per heavy atom. The van der Waals surface area contributed by atoms with Crippen molar-refractivity contribution in [3.63, 3.8) is 0 Å². The molecule has 0 saturated carbocycles. The van der Waals surface area contributed by atoms with Crippen molar-refractivity contribution in [1.82, 2.24) is 16.1 Å². The molecule has 1 atom stereocenters. The van der Waals surface area contributed by atoms with E-state index in [1.54, 1.807) is 44.2 Å². The van der Waals surface area contributed by atoms with Crippen LogP contribution in [-0.2, 0) is 20.9 Å². The van der Waals surface area contributed by atoms with Gasteiger partial charge in [-0.15, -0.1) is 0 Å². The molecule has 0 unspecified atom stereocenters. The van der Waals surface area contributed by atoms with Crippen LogP contribution in [0.5, 0.6) is 23.0 Å². The van der Waals surface area contributed by atoms with Crippen LogP contribution >= 0.6 is 0 Å². The van der Waals surface area contributed by atoms with Gasteiger partial charge < -0.3 is 34.3 Å². The van der Waals surface area contributed by atoms with Gasteiger partial charge in [0.05, 0.1) is 38.2 Å². The van der Waals surface area contributed by atoms with Crippen molar-refractivity contribution < 1.29 is 38.1 Å². The first-order valence-electron chi connectivity index (χ1n) is 15.7. The molecular formula is C37H38N4O8. The number of hydrogen-bond donors (Lipinski definition) is 3. The molecule has 0 aromatic heterocycles. The van der Waals surface area contributed by atoms with Crippen molar-refractivity contribution >= 4 is 34.9 Å². The van der Waals surface area contributed by atoms with Crippen LogP contribution in [0.3, 0.4) is 0 Å². The number of esters is 1. The molecule has 12 nitrogen and oxygen atoms in total. The number of fused-ring (bicyclic) bond motifs is 1. The van der Waals surface area contributed by atoms with Crippen LogP contribution in [0, 0.1) is 0 Å². The summed E-state index contributed by atoms with van der Waals surface area (Å²) < 4.78 is 28.2. The predicted octanol–water partition coefficient (Wildman–Crippen LogP) is 5.55. The van der Waals surface area contributed by atoms with Crippen molar-refractivity contribution in [2.75, 3.05) is 26.9 Å². The number of urea groups is 1. The number of carbonyl (C=O) groups excluding carboxylic acids is 3. The smallest absolute Gasteiger partial charge is 0.338 e. The number of hydrazone groups is 1. The molecule has 0 bridgehead atoms. The number of carbonyl (C=O) groups is 3. The number of rotatable bonds is 14. The van der Waals surface area contributed by atoms with E-state index in [0.29, 0.717) is 47.3 Å². The fraction of sp³-hybridized carbons (Fsp3) is 0.243. The zero-order chi connectivity index (χ0) is 34.8. The lowest BCUT2D eigenvalue weighted by Gasteiger charge is -2.28. The quantitative estimate of drug-likeness (QED) is 0.0903. The van der Waals surface area contributed by atoms with Gasteiger partial charge in [-0.25, -0.2) is 15.0 Å². The molecule has 1 heterocycles. The Kier molecular flexibility index (Phi) is 11.3. The Labute approximate surface area is 284 Å². The second-order valence-electron chi connectivity index (χ2n) is 10.9. The molecule has 3 amide bonds. The molecule has 4 aromatic rings. The fourth-order valence-corrected chi connectivity index (χ4v) is 5.24. The average molecular weight is 667 g/mol. The van der Waals surface area contributed by atoms with E-state index in [0.717, 1.165) is 10.9 Å². The first-order chi connectivity index (χ1) is 23.8. The molecule has 4 aromatic carbocycles. The maximum atomic E-state index is 12.6. The van der Waals surface area contributed by atoms with E-state index in [1.807, 2.05) is 31.2 Å². The van der Waals surface area contributed by atoms with Crippen LogP contribution < -0.4 is 35.0 Å². The molecule has 1 aliphatic rings. The molecule has 49 heavy (non-hydrogen) atoms. The Morgan fingerprint density at radius 3 is 2.41 bits per heavy atom. The van der Waals surface area contributed by atoms with E-state index < -0.39 is 23.9 Å². The third-order valence-electron chi connectivity index (χ3n) is 7.52. The Bertz CT molecular complexity index is 1900. The monoisotopic (exact) mass is 666 g/mol. The van der Waals surface area contributed by atoms with Crippen molar-refractivity contribution in [1.29, 1.82) is 0 Å². The van der Waals surface area contributed by atoms with Crippen molar-refractivity contribution in [2.24, 2.45) is 5.10 Å². The Balaban J connectivity index is 1.18. The molecule has 3 N–H and O–H groups in total. The number of methoxy groups -OCH3 is 1. The van der Waals surface area contributed by atoms with Gasteiger partial charge in [-0.05, 0) is 84.6 Å². The van der Waals surface area contributed by atoms with E-state index in [1.165, 1.54) is 18.7 Å². The maximum Gasteiger partial charge on any atom is 0.338 e. The number of ether oxygens (including phenoxy) is 5. The highest BCUT2D eigenvalue weighted by Gasteiger charge is 2.32. The summed E-state index contributed by atoms with van der Waals surface area (Å²) in [6.45, 7) is 5.87. The number of amides is 3. The van der Waals surface area contributed by atoms with E-state index in [4.69, 9.17) is 23.7 Å². The van der Waals surface area contributed by atoms with E-state index >= 15 is 0 Å². The zero-order valence-electron chi connectivity index (χ0n) is 27.7. The summed E-state index contributed by atoms with van der Waals surface area (Å²) in [6, 6.07) is 23.4. The van der Waals surface area contributed by atoms with E-state index in [-0.39, 0.29) is 24.5 Å². The second-order valence-corrected chi connectivity index (χ2v) is 10.9. The number of hydrogen-bond acceptors (Lipinski definition) is 9. The molecule has 1 aliphatic heterocycles. The van der Waals surface area contributed by atoms with Gasteiger partial charge in [0.25, 0.3) is 5.91 Å². The number of allylic oxidation sites excluding steroid dienone is 1. The van der Waals surface area contributed by atoms with Crippen molar-refractivity contribution in [3.05, 3.63) is 107 Å². The van der Waals surface area contributed by atoms with Crippen LogP contribution in [0.1, 0.15) is 43.5 Å². The average Bonchev–Trinajstić information content (AvgIpc) is 3.10. The van der Waals surface area contributed by atoms with E-state index in [2.05, 4.69) is 45.4 Å². The first kappa shape index (κ1) is 34.3. The third kappa shape index (κ3) is 8.66. The lowest BCUT2D eigenvalue weighted by molar-refractivity contribution is -0.139. The van der Waals surface area contributed by atoms with Gasteiger partial charge in [-0.3, -0.25) is 4.79 Å². The topological polar surface area (TPSA) is 146 Å². The molecule has 5 rings (SSSR count). The van der Waals surface area contributed by atoms with Gasteiger partial charge >= 0.3 is 12.0 Å². The highest BCUT2D eigenvalue weighted by molar-refractivity contribution is 5.95. The largest absolute Gasteiger partial charge is 0.493 e. The minimum atomic E-state index is -0.776. The summed E-state index contributed by atoms with van der Waals surface area (Å²) in [6.07, 6.45) is 1.49. The van der Waals surface area contributed by atoms with Gasteiger partial charge in [0.1, 0.15) is 6.61 Å². The molecule has 12 heteroatoms. The van der Waals surface area contributed by atoms with Crippen molar-refractivity contribution in [3.8, 4) is 23.0 Å². The third-order valence-corrected chi connectivity index (χ3v) is 7.52. The highest BCUT2D eigenvalue weighted by Crippen LogP contribution is 2.35. The predicted molar refractivity (Wildman–Crippen MR) is 184 cm³/mol. The molecule has 0 saturated heterocycles. The molecule has 0 aliphatic carbocycles. The zero-order valence-corrected chi connectivity index (χ0v) is 27.7. The summed E-state index contributed by atoms with van der Waals surface area (Å²) in [5.74, 6) is 0.677. The summed E-state index contributed by atoms with van der Waals surface area (Å²) in [4.78, 5) is 37.4. The highest BCUT2D eigenvalue weighted by atomic mass is 16.5. The van der Waals surface area contributed by atoms with Crippen molar-refractivity contribution in [2.45, 2.75) is 33.4 Å². The molecule has 0 spiro atoms. The van der Waals surface area contributed by atoms with Crippen LogP contribution in [0.4, 0.5) is 4.79 Å². The van der Waals surface area contributed by atoms with Crippen LogP contribution in [0.25, 0.3) is 10.8 Å². The van der Waals surface area contributed by atoms with Crippen LogP contribution in [-0.4, -0.2) is 51.1 Å². The van der Waals surface area contributed by atoms with Gasteiger partial charge in [-0.1, -0.05) is 42.5 Å². The minimum Gasteiger partial charge on any atom is -0.493 e. The molecule has 254 valence electrons. The normalized spacial score (nSPS) is 14.2. The lowest BCUT2D eigenvalue weighted by Crippen LogP contribution is -2.45. The standard InChI is InChI=1S/C37H38N4O8/c1-5-46-32-18-24(12-15-30(32)48-21-25-11-13-26-9-7-8-10-27(26)17-25)20-38-41-33(42)22-49-29-16-14-28(19-31(29)45-4)35-34(36(43)47-6-2)23(3)39-37(44)40-35/h7-20,35H,5-6,21-22H2,1-4H3,(H,41,42)(H2,39,40,44)/b38-20-/t35-/m0/s1. The van der Waals surface area contributed by atoms with Gasteiger partial charge in [0.2, 0.25) is 0 Å². The lowest BCUT2D eigenvalue weighted by atomic mass is 9.95. The summed E-state index contributed by atoms with van der Waals surface area (Å²) in [5.41, 5.74) is 5.40. The number of nitrogens with one attached hydrogen (secondary N) is 3. The second kappa shape index (κ2) is 16.2. The maximum absolute atomic E-state index is 12.6. The number of nitrogens with zero attached hydrogens (tertiary/aromatic N) is 1.